The molecule has 0 spiro atoms. The van der Waals surface area contributed by atoms with Crippen molar-refractivity contribution < 1.29 is 67.8 Å². The van der Waals surface area contributed by atoms with Gasteiger partial charge in [0.25, 0.3) is 0 Å². The van der Waals surface area contributed by atoms with Gasteiger partial charge in [0.15, 0.2) is 0 Å². The maximum atomic E-state index is 8.82. The van der Waals surface area contributed by atoms with Crippen LogP contribution in [0, 0.1) is 11.3 Å². The topological polar surface area (TPSA) is 179 Å². The first-order valence-corrected chi connectivity index (χ1v) is 8.80. The summed E-state index contributed by atoms with van der Waals surface area (Å²) >= 11 is 0. The summed E-state index contributed by atoms with van der Waals surface area (Å²) in [6, 6.07) is 0. The Kier molecular flexibility index (Phi) is 31.4. The van der Waals surface area contributed by atoms with E-state index in [4.69, 9.17) is 46.3 Å². The van der Waals surface area contributed by atoms with Crippen molar-refractivity contribution in [1.82, 2.24) is 5.48 Å². The Morgan fingerprint density at radius 1 is 0.889 bits per heavy atom. The second kappa shape index (κ2) is 26.4. The fourth-order valence-corrected chi connectivity index (χ4v) is 1.71. The number of aliphatic hydroxyl groups is 4. The van der Waals surface area contributed by atoms with Crippen molar-refractivity contribution in [3.05, 3.63) is 5.73 Å². The van der Waals surface area contributed by atoms with Gasteiger partial charge >= 0.3 is 0 Å². The van der Waals surface area contributed by atoms with Crippen molar-refractivity contribution >= 4 is 6.21 Å². The van der Waals surface area contributed by atoms with Crippen LogP contribution in [0.25, 0.3) is 5.73 Å². The van der Waals surface area contributed by atoms with Crippen molar-refractivity contribution in [3.63, 3.8) is 0 Å². The van der Waals surface area contributed by atoms with Gasteiger partial charge in [-0.25, -0.2) is 5.48 Å². The number of hydrogen-bond donors (Lipinski definition) is 7. The zero-order valence-corrected chi connectivity index (χ0v) is 18.8. The molecule has 0 rings (SSSR count). The zero-order chi connectivity index (χ0) is 20.0. The maximum absolute atomic E-state index is 8.82. The molecule has 10 nitrogen and oxygen atoms in total. The van der Waals surface area contributed by atoms with Gasteiger partial charge in [-0.3, -0.25) is 0 Å². The first kappa shape index (κ1) is 32.1. The molecule has 27 heavy (non-hydrogen) atoms. The normalized spacial score (nSPS) is 10.7. The fourth-order valence-electron chi connectivity index (χ4n) is 1.71. The molecule has 0 unspecified atom stereocenters. The molecule has 161 valence electrons. The summed E-state index contributed by atoms with van der Waals surface area (Å²) in [4.78, 5) is 0. The zero-order valence-electron chi connectivity index (χ0n) is 15.9. The molecular formula is C16H36N3O7Y-. The Morgan fingerprint density at radius 2 is 1.37 bits per heavy atom. The second-order valence-corrected chi connectivity index (χ2v) is 5.67. The van der Waals surface area contributed by atoms with Gasteiger partial charge in [0.2, 0.25) is 0 Å². The number of ether oxygens (including phenoxy) is 2. The van der Waals surface area contributed by atoms with Gasteiger partial charge in [-0.1, -0.05) is 12.8 Å². The van der Waals surface area contributed by atoms with Crippen LogP contribution >= 0.6 is 0 Å². The molecule has 0 saturated carbocycles. The third-order valence-corrected chi connectivity index (χ3v) is 3.35. The van der Waals surface area contributed by atoms with E-state index in [1.165, 1.54) is 6.21 Å². The van der Waals surface area contributed by atoms with Crippen LogP contribution in [0.15, 0.2) is 0 Å². The molecule has 8 N–H and O–H groups in total. The molecule has 0 aliphatic rings. The Hall–Kier alpha value is 0.414. The van der Waals surface area contributed by atoms with Gasteiger partial charge in [0.1, 0.15) is 12.2 Å². The average Bonchev–Trinajstić information content (AvgIpc) is 2.67. The van der Waals surface area contributed by atoms with E-state index in [2.05, 4.69) is 0 Å². The molecule has 0 aromatic heterocycles. The second-order valence-electron chi connectivity index (χ2n) is 5.67. The number of nitrogens with one attached hydrogen (secondary N) is 3. The van der Waals surface area contributed by atoms with Crippen LogP contribution in [-0.4, -0.2) is 96.8 Å². The first-order chi connectivity index (χ1) is 12.6. The minimum absolute atomic E-state index is 0. The Bertz CT molecular complexity index is 271. The summed E-state index contributed by atoms with van der Waals surface area (Å²) in [7, 11) is 0. The predicted octanol–water partition coefficient (Wildman–Crippen LogP) is -0.433. The van der Waals surface area contributed by atoms with Crippen molar-refractivity contribution in [1.29, 1.82) is 5.41 Å². The monoisotopic (exact) mass is 471 g/mol. The van der Waals surface area contributed by atoms with E-state index in [-0.39, 0.29) is 84.8 Å². The molecule has 1 radical (unpaired) electrons. The van der Waals surface area contributed by atoms with Crippen LogP contribution in [0.4, 0.5) is 0 Å². The molecule has 0 saturated heterocycles. The number of rotatable bonds is 17. The molecular weight excluding hydrogens is 435 g/mol. The van der Waals surface area contributed by atoms with Gasteiger partial charge in [-0.05, 0) is 19.1 Å². The summed E-state index contributed by atoms with van der Waals surface area (Å²) < 4.78 is 10.4. The van der Waals surface area contributed by atoms with Crippen LogP contribution in [0.1, 0.15) is 25.7 Å². The number of unbranched alkanes of at least 4 members (excludes halogenated alkanes) is 3. The van der Waals surface area contributed by atoms with Crippen LogP contribution in [0.2, 0.25) is 0 Å². The molecule has 0 bridgehead atoms. The molecule has 11 heteroatoms. The number of hydroxylamine groups is 1. The van der Waals surface area contributed by atoms with Crippen LogP contribution in [0.5, 0.6) is 0 Å². The molecule has 0 aromatic carbocycles. The van der Waals surface area contributed by atoms with Crippen molar-refractivity contribution in [3.8, 4) is 0 Å². The molecule has 0 aliphatic carbocycles. The molecule has 0 atom stereocenters. The predicted molar refractivity (Wildman–Crippen MR) is 97.5 cm³/mol. The Labute approximate surface area is 186 Å². The van der Waals surface area contributed by atoms with E-state index >= 15 is 0 Å². The summed E-state index contributed by atoms with van der Waals surface area (Å²) in [5, 5.41) is 50.6. The SMILES string of the molecule is N=CCCCCC[NH-].OCC(CO)OCC(CNO)COC(CO)CO.[Y]. The Balaban J connectivity index is -0.000000542. The number of aliphatic hydroxyl groups excluding tert-OH is 4. The molecule has 0 fully saturated rings. The molecule has 0 amide bonds. The van der Waals surface area contributed by atoms with Gasteiger partial charge in [-0.2, -0.15) is 6.54 Å². The Morgan fingerprint density at radius 3 is 1.70 bits per heavy atom. The summed E-state index contributed by atoms with van der Waals surface area (Å²) in [6.07, 6.45) is 4.18. The van der Waals surface area contributed by atoms with E-state index in [9.17, 15) is 0 Å². The van der Waals surface area contributed by atoms with E-state index in [0.717, 1.165) is 25.7 Å². The van der Waals surface area contributed by atoms with Gasteiger partial charge < -0.3 is 46.3 Å². The van der Waals surface area contributed by atoms with Crippen molar-refractivity contribution in [2.45, 2.75) is 37.9 Å². The third-order valence-electron chi connectivity index (χ3n) is 3.35. The van der Waals surface area contributed by atoms with Gasteiger partial charge in [0, 0.05) is 45.2 Å². The fraction of sp³-hybridized carbons (Fsp3) is 0.938. The summed E-state index contributed by atoms with van der Waals surface area (Å²) in [5.74, 6) is -0.240. The van der Waals surface area contributed by atoms with Gasteiger partial charge in [-0.15, -0.1) is 0 Å². The van der Waals surface area contributed by atoms with E-state index in [1.807, 2.05) is 5.48 Å². The molecule has 0 aromatic rings. The standard InChI is InChI=1S/C10H23NO7.C6H13N2.Y/c12-2-9(3-13)17-6-8(1-11-16)7-18-10(4-14)5-15;7-5-3-1-2-4-6-8;/h8-16H,1-7H2;5,7-8H,1-4,6H2;/q;-1;. The number of hydrogen-bond acceptors (Lipinski definition) is 9. The minimum Gasteiger partial charge on any atom is -0.677 e. The van der Waals surface area contributed by atoms with Crippen LogP contribution in [0.3, 0.4) is 0 Å². The smallest absolute Gasteiger partial charge is 0.104 e. The van der Waals surface area contributed by atoms with E-state index in [1.54, 1.807) is 0 Å². The van der Waals surface area contributed by atoms with Crippen LogP contribution in [-0.2, 0) is 42.2 Å². The molecule has 0 aliphatic heterocycles. The quantitative estimate of drug-likeness (QED) is 0.0848. The maximum Gasteiger partial charge on any atom is 0.104 e. The van der Waals surface area contributed by atoms with Crippen molar-refractivity contribution in [2.75, 3.05) is 52.7 Å². The van der Waals surface area contributed by atoms with Gasteiger partial charge in [0.05, 0.1) is 39.6 Å². The summed E-state index contributed by atoms with van der Waals surface area (Å²) in [6.45, 7) is -0.158. The molecule has 0 heterocycles. The van der Waals surface area contributed by atoms with E-state index in [0.29, 0.717) is 6.54 Å². The summed E-state index contributed by atoms with van der Waals surface area (Å²) in [5.41, 5.74) is 8.76. The minimum atomic E-state index is -0.669. The van der Waals surface area contributed by atoms with Crippen LogP contribution < -0.4 is 5.48 Å². The third kappa shape index (κ3) is 22.6. The van der Waals surface area contributed by atoms with Crippen molar-refractivity contribution in [2.24, 2.45) is 5.92 Å². The van der Waals surface area contributed by atoms with E-state index < -0.39 is 12.2 Å². The average molecular weight is 471 g/mol. The largest absolute Gasteiger partial charge is 0.677 e. The first-order valence-electron chi connectivity index (χ1n) is 8.80.